The number of hydrogen-bond donors (Lipinski definition) is 1. The van der Waals surface area contributed by atoms with E-state index in [4.69, 9.17) is 5.73 Å². The Hall–Kier alpha value is -0.820. The van der Waals surface area contributed by atoms with Crippen LogP contribution in [0.2, 0.25) is 0 Å². The first-order valence-corrected chi connectivity index (χ1v) is 7.96. The Kier molecular flexibility index (Phi) is 3.66. The summed E-state index contributed by atoms with van der Waals surface area (Å²) in [5.41, 5.74) is 9.74. The highest BCUT2D eigenvalue weighted by Crippen LogP contribution is 2.38. The molecule has 1 heteroatoms. The molecule has 0 bridgehead atoms. The molecule has 1 fully saturated rings. The highest BCUT2D eigenvalue weighted by atomic mass is 14.7. The van der Waals surface area contributed by atoms with E-state index in [1.165, 1.54) is 32.1 Å². The minimum absolute atomic E-state index is 0.401. The first kappa shape index (κ1) is 13.2. The number of hydrogen-bond acceptors (Lipinski definition) is 1. The van der Waals surface area contributed by atoms with E-state index in [9.17, 15) is 0 Å². The van der Waals surface area contributed by atoms with Crippen molar-refractivity contribution < 1.29 is 0 Å². The second kappa shape index (κ2) is 5.28. The molecule has 0 saturated heterocycles. The van der Waals surface area contributed by atoms with Gasteiger partial charge in [-0.05, 0) is 66.9 Å². The van der Waals surface area contributed by atoms with Gasteiger partial charge in [-0.3, -0.25) is 0 Å². The van der Waals surface area contributed by atoms with Crippen molar-refractivity contribution in [1.29, 1.82) is 0 Å². The molecule has 1 aromatic carbocycles. The molecule has 2 N–H and O–H groups in total. The van der Waals surface area contributed by atoms with Gasteiger partial charge >= 0.3 is 0 Å². The summed E-state index contributed by atoms with van der Waals surface area (Å²) in [5.74, 6) is 3.16. The van der Waals surface area contributed by atoms with E-state index < -0.39 is 0 Å². The maximum atomic E-state index is 6.66. The van der Waals surface area contributed by atoms with Crippen LogP contribution in [0.1, 0.15) is 44.2 Å². The van der Waals surface area contributed by atoms with E-state index in [-0.39, 0.29) is 0 Å². The molecule has 0 heterocycles. The van der Waals surface area contributed by atoms with Crippen molar-refractivity contribution in [3.05, 3.63) is 35.4 Å². The van der Waals surface area contributed by atoms with Crippen LogP contribution < -0.4 is 5.73 Å². The van der Waals surface area contributed by atoms with Crippen LogP contribution in [0.4, 0.5) is 0 Å². The fourth-order valence-electron chi connectivity index (χ4n) is 4.57. The van der Waals surface area contributed by atoms with E-state index in [2.05, 4.69) is 38.1 Å². The molecule has 3 atom stereocenters. The Morgan fingerprint density at radius 2 is 1.42 bits per heavy atom. The van der Waals surface area contributed by atoms with E-state index in [1.54, 1.807) is 11.1 Å². The van der Waals surface area contributed by atoms with Gasteiger partial charge in [0.1, 0.15) is 0 Å². The van der Waals surface area contributed by atoms with Crippen LogP contribution >= 0.6 is 0 Å². The summed E-state index contributed by atoms with van der Waals surface area (Å²) < 4.78 is 0. The highest BCUT2D eigenvalue weighted by Gasteiger charge is 2.34. The highest BCUT2D eigenvalue weighted by molar-refractivity contribution is 5.32. The Labute approximate surface area is 117 Å². The smallest absolute Gasteiger partial charge is 0.0102 e. The van der Waals surface area contributed by atoms with Crippen molar-refractivity contribution in [2.24, 2.45) is 29.4 Å². The topological polar surface area (TPSA) is 26.0 Å². The van der Waals surface area contributed by atoms with E-state index in [0.717, 1.165) is 17.8 Å². The van der Waals surface area contributed by atoms with Crippen molar-refractivity contribution in [3.8, 4) is 0 Å². The van der Waals surface area contributed by atoms with Gasteiger partial charge in [-0.15, -0.1) is 0 Å². The minimum Gasteiger partial charge on any atom is -0.327 e. The lowest BCUT2D eigenvalue weighted by molar-refractivity contribution is 0.166. The van der Waals surface area contributed by atoms with Gasteiger partial charge < -0.3 is 5.73 Å². The SMILES string of the molecule is CC1CC(C)CC(C(N)C2Cc3ccccc3C2)C1. The zero-order chi connectivity index (χ0) is 13.4. The second-order valence-electron chi connectivity index (χ2n) is 7.19. The lowest BCUT2D eigenvalue weighted by Gasteiger charge is -2.37. The van der Waals surface area contributed by atoms with Crippen LogP contribution in [0.15, 0.2) is 24.3 Å². The number of fused-ring (bicyclic) bond motifs is 1. The Balaban J connectivity index is 1.67. The normalized spacial score (nSPS) is 33.1. The van der Waals surface area contributed by atoms with Crippen molar-refractivity contribution in [3.63, 3.8) is 0 Å². The molecule has 3 unspecified atom stereocenters. The summed E-state index contributed by atoms with van der Waals surface area (Å²) in [6.45, 7) is 4.80. The van der Waals surface area contributed by atoms with Crippen molar-refractivity contribution in [2.75, 3.05) is 0 Å². The van der Waals surface area contributed by atoms with Gasteiger partial charge in [-0.25, -0.2) is 0 Å². The molecule has 1 saturated carbocycles. The van der Waals surface area contributed by atoms with Gasteiger partial charge in [0.25, 0.3) is 0 Å². The van der Waals surface area contributed by atoms with E-state index in [1.807, 2.05) is 0 Å². The van der Waals surface area contributed by atoms with Crippen LogP contribution in [0.5, 0.6) is 0 Å². The van der Waals surface area contributed by atoms with Gasteiger partial charge in [0.05, 0.1) is 0 Å². The van der Waals surface area contributed by atoms with E-state index >= 15 is 0 Å². The zero-order valence-corrected chi connectivity index (χ0v) is 12.3. The largest absolute Gasteiger partial charge is 0.327 e. The Morgan fingerprint density at radius 3 is 1.95 bits per heavy atom. The molecule has 3 rings (SSSR count). The molecule has 104 valence electrons. The molecule has 0 spiro atoms. The van der Waals surface area contributed by atoms with Gasteiger partial charge in [-0.1, -0.05) is 38.1 Å². The zero-order valence-electron chi connectivity index (χ0n) is 12.3. The molecule has 2 aliphatic rings. The molecule has 0 radical (unpaired) electrons. The Morgan fingerprint density at radius 1 is 0.895 bits per heavy atom. The lowest BCUT2D eigenvalue weighted by atomic mass is 9.71. The molecule has 0 aromatic heterocycles. The monoisotopic (exact) mass is 257 g/mol. The first-order chi connectivity index (χ1) is 9.13. The standard InChI is InChI=1S/C18H27N/c1-12-7-13(2)9-16(8-12)18(19)17-10-14-5-3-4-6-15(14)11-17/h3-6,12-13,16-18H,7-11,19H2,1-2H3. The van der Waals surface area contributed by atoms with Gasteiger partial charge in [0.2, 0.25) is 0 Å². The molecule has 1 aromatic rings. The predicted octanol–water partition coefficient (Wildman–Crippen LogP) is 3.80. The van der Waals surface area contributed by atoms with Crippen LogP contribution in [-0.4, -0.2) is 6.04 Å². The minimum atomic E-state index is 0.401. The average molecular weight is 257 g/mol. The predicted molar refractivity (Wildman–Crippen MR) is 81.0 cm³/mol. The lowest BCUT2D eigenvalue weighted by Crippen LogP contribution is -2.41. The van der Waals surface area contributed by atoms with Crippen LogP contribution in [0, 0.1) is 23.7 Å². The molecular formula is C18H27N. The van der Waals surface area contributed by atoms with Gasteiger partial charge in [0, 0.05) is 6.04 Å². The van der Waals surface area contributed by atoms with Gasteiger partial charge in [-0.2, -0.15) is 0 Å². The molecule has 1 nitrogen and oxygen atoms in total. The Bertz CT molecular complexity index is 404. The third-order valence-electron chi connectivity index (χ3n) is 5.39. The molecule has 2 aliphatic carbocycles. The van der Waals surface area contributed by atoms with Crippen LogP contribution in [0.3, 0.4) is 0 Å². The first-order valence-electron chi connectivity index (χ1n) is 7.96. The molecule has 0 amide bonds. The molecule has 19 heavy (non-hydrogen) atoms. The van der Waals surface area contributed by atoms with Crippen LogP contribution in [0.25, 0.3) is 0 Å². The van der Waals surface area contributed by atoms with Crippen molar-refractivity contribution >= 4 is 0 Å². The summed E-state index contributed by atoms with van der Waals surface area (Å²) in [4.78, 5) is 0. The summed E-state index contributed by atoms with van der Waals surface area (Å²) in [5, 5.41) is 0. The average Bonchev–Trinajstić information content (AvgIpc) is 2.80. The number of benzene rings is 1. The maximum absolute atomic E-state index is 6.66. The third-order valence-corrected chi connectivity index (χ3v) is 5.39. The number of rotatable bonds is 2. The van der Waals surface area contributed by atoms with E-state index in [0.29, 0.717) is 12.0 Å². The molecular weight excluding hydrogens is 230 g/mol. The summed E-state index contributed by atoms with van der Waals surface area (Å²) >= 11 is 0. The summed E-state index contributed by atoms with van der Waals surface area (Å²) in [6, 6.07) is 9.30. The fraction of sp³-hybridized carbons (Fsp3) is 0.667. The summed E-state index contributed by atoms with van der Waals surface area (Å²) in [6.07, 6.45) is 6.50. The maximum Gasteiger partial charge on any atom is 0.0102 e. The third kappa shape index (κ3) is 2.72. The summed E-state index contributed by atoms with van der Waals surface area (Å²) in [7, 11) is 0. The van der Waals surface area contributed by atoms with Crippen molar-refractivity contribution in [1.82, 2.24) is 0 Å². The fourth-order valence-corrected chi connectivity index (χ4v) is 4.57. The van der Waals surface area contributed by atoms with Crippen LogP contribution in [-0.2, 0) is 12.8 Å². The van der Waals surface area contributed by atoms with Crippen molar-refractivity contribution in [2.45, 2.75) is 52.0 Å². The molecule has 0 aliphatic heterocycles. The second-order valence-corrected chi connectivity index (χ2v) is 7.19. The quantitative estimate of drug-likeness (QED) is 0.857. The van der Waals surface area contributed by atoms with Gasteiger partial charge in [0.15, 0.2) is 0 Å². The number of nitrogens with two attached hydrogens (primary N) is 1.